The first-order valence-corrected chi connectivity index (χ1v) is 9.20. The van der Waals surface area contributed by atoms with Gasteiger partial charge in [-0.1, -0.05) is 6.92 Å². The number of amides is 1. The van der Waals surface area contributed by atoms with Crippen molar-refractivity contribution in [3.63, 3.8) is 0 Å². The minimum Gasteiger partial charge on any atom is -0.342 e. The highest BCUT2D eigenvalue weighted by Crippen LogP contribution is 2.18. The van der Waals surface area contributed by atoms with Crippen molar-refractivity contribution in [3.05, 3.63) is 11.8 Å². The molecule has 126 valence electrons. The van der Waals surface area contributed by atoms with E-state index in [9.17, 15) is 13.2 Å². The second-order valence-electron chi connectivity index (χ2n) is 5.74. The predicted octanol–water partition coefficient (Wildman–Crippen LogP) is 1.23. The smallest absolute Gasteiger partial charge is 0.243 e. The molecule has 0 aromatic carbocycles. The van der Waals surface area contributed by atoms with Gasteiger partial charge < -0.3 is 4.90 Å². The molecule has 0 spiro atoms. The summed E-state index contributed by atoms with van der Waals surface area (Å²) in [4.78, 5) is 13.7. The van der Waals surface area contributed by atoms with Crippen molar-refractivity contribution in [1.29, 1.82) is 0 Å². The number of hydrogen-bond donors (Lipinski definition) is 0. The Bertz CT molecular complexity index is 622. The summed E-state index contributed by atoms with van der Waals surface area (Å²) in [6.07, 6.45) is 1.99. The first-order valence-electron chi connectivity index (χ1n) is 7.35. The third-order valence-electron chi connectivity index (χ3n) is 3.51. The van der Waals surface area contributed by atoms with Gasteiger partial charge in [-0.3, -0.25) is 9.48 Å². The fourth-order valence-corrected chi connectivity index (χ4v) is 2.72. The normalized spacial score (nSPS) is 11.8. The Balaban J connectivity index is 3.10. The van der Waals surface area contributed by atoms with E-state index in [4.69, 9.17) is 0 Å². The first kappa shape index (κ1) is 18.5. The largest absolute Gasteiger partial charge is 0.342 e. The van der Waals surface area contributed by atoms with E-state index in [0.29, 0.717) is 12.4 Å². The average Bonchev–Trinajstić information content (AvgIpc) is 2.74. The Kier molecular flexibility index (Phi) is 5.99. The number of carbonyl (C=O) groups excluding carboxylic acids is 1. The topological polar surface area (TPSA) is 75.5 Å². The SMILES string of the molecule is CCCn1nc(N(CC(=O)N(C)C(C)C)S(C)(=O)=O)cc1C. The van der Waals surface area contributed by atoms with Crippen LogP contribution in [0.25, 0.3) is 0 Å². The molecule has 0 unspecified atom stereocenters. The molecule has 22 heavy (non-hydrogen) atoms. The first-order chi connectivity index (χ1) is 10.1. The van der Waals surface area contributed by atoms with E-state index in [2.05, 4.69) is 5.10 Å². The molecule has 7 nitrogen and oxygen atoms in total. The summed E-state index contributed by atoms with van der Waals surface area (Å²) in [5.74, 6) is 0.0297. The van der Waals surface area contributed by atoms with Crippen LogP contribution in [-0.4, -0.2) is 54.9 Å². The Morgan fingerprint density at radius 3 is 2.45 bits per heavy atom. The predicted molar refractivity (Wildman–Crippen MR) is 87.4 cm³/mol. The molecule has 0 radical (unpaired) electrons. The average molecular weight is 330 g/mol. The van der Waals surface area contributed by atoms with E-state index in [1.807, 2.05) is 27.7 Å². The maximum atomic E-state index is 12.2. The summed E-state index contributed by atoms with van der Waals surface area (Å²) in [5, 5.41) is 4.32. The zero-order valence-electron chi connectivity index (χ0n) is 14.2. The molecule has 0 bridgehead atoms. The van der Waals surface area contributed by atoms with Crippen LogP contribution in [0.4, 0.5) is 5.82 Å². The molecule has 0 saturated carbocycles. The zero-order chi connectivity index (χ0) is 17.1. The lowest BCUT2D eigenvalue weighted by Crippen LogP contribution is -2.43. The monoisotopic (exact) mass is 330 g/mol. The number of carbonyl (C=O) groups is 1. The van der Waals surface area contributed by atoms with Crippen LogP contribution in [0.2, 0.25) is 0 Å². The highest BCUT2D eigenvalue weighted by Gasteiger charge is 2.26. The van der Waals surface area contributed by atoms with Gasteiger partial charge in [0.25, 0.3) is 0 Å². The van der Waals surface area contributed by atoms with Crippen molar-refractivity contribution in [1.82, 2.24) is 14.7 Å². The molecular weight excluding hydrogens is 304 g/mol. The van der Waals surface area contributed by atoms with Crippen LogP contribution in [0, 0.1) is 6.92 Å². The van der Waals surface area contributed by atoms with Gasteiger partial charge in [0.05, 0.1) is 6.26 Å². The van der Waals surface area contributed by atoms with Gasteiger partial charge in [-0.05, 0) is 27.2 Å². The van der Waals surface area contributed by atoms with E-state index in [-0.39, 0.29) is 18.5 Å². The van der Waals surface area contributed by atoms with E-state index in [1.165, 1.54) is 4.90 Å². The Hall–Kier alpha value is -1.57. The number of rotatable bonds is 7. The number of hydrogen-bond acceptors (Lipinski definition) is 4. The minimum absolute atomic E-state index is 0.00768. The molecule has 0 aliphatic carbocycles. The number of aromatic nitrogens is 2. The number of nitrogens with zero attached hydrogens (tertiary/aromatic N) is 4. The molecule has 0 N–H and O–H groups in total. The minimum atomic E-state index is -3.58. The lowest BCUT2D eigenvalue weighted by Gasteiger charge is -2.25. The van der Waals surface area contributed by atoms with Gasteiger partial charge in [0.1, 0.15) is 6.54 Å². The number of anilines is 1. The summed E-state index contributed by atoms with van der Waals surface area (Å²) in [5.41, 5.74) is 0.871. The number of likely N-dealkylation sites (N-methyl/N-ethyl adjacent to an activating group) is 1. The van der Waals surface area contributed by atoms with Crippen LogP contribution in [0.3, 0.4) is 0 Å². The summed E-state index contributed by atoms with van der Waals surface area (Å²) < 4.78 is 26.9. The maximum Gasteiger partial charge on any atom is 0.243 e. The summed E-state index contributed by atoms with van der Waals surface area (Å²) in [6, 6.07) is 1.70. The quantitative estimate of drug-likeness (QED) is 0.753. The van der Waals surface area contributed by atoms with Crippen LogP contribution in [0.5, 0.6) is 0 Å². The molecule has 0 aliphatic heterocycles. The lowest BCUT2D eigenvalue weighted by atomic mass is 10.3. The fourth-order valence-electron chi connectivity index (χ4n) is 1.94. The Morgan fingerprint density at radius 1 is 1.41 bits per heavy atom. The molecule has 0 fully saturated rings. The van der Waals surface area contributed by atoms with Crippen LogP contribution < -0.4 is 4.31 Å². The van der Waals surface area contributed by atoms with E-state index in [1.54, 1.807) is 17.8 Å². The molecule has 0 atom stereocenters. The van der Waals surface area contributed by atoms with Gasteiger partial charge in [0.2, 0.25) is 15.9 Å². The molecule has 1 aromatic heterocycles. The summed E-state index contributed by atoms with van der Waals surface area (Å²) in [7, 11) is -1.92. The van der Waals surface area contributed by atoms with Crippen molar-refractivity contribution in [2.75, 3.05) is 24.2 Å². The molecule has 0 aliphatic rings. The molecule has 1 aromatic rings. The van der Waals surface area contributed by atoms with E-state index < -0.39 is 10.0 Å². The van der Waals surface area contributed by atoms with Crippen LogP contribution in [0.1, 0.15) is 32.9 Å². The van der Waals surface area contributed by atoms with Crippen molar-refractivity contribution in [3.8, 4) is 0 Å². The van der Waals surface area contributed by atoms with Crippen molar-refractivity contribution in [2.24, 2.45) is 0 Å². The molecule has 1 heterocycles. The second-order valence-corrected chi connectivity index (χ2v) is 7.64. The van der Waals surface area contributed by atoms with Gasteiger partial charge in [0, 0.05) is 31.4 Å². The highest BCUT2D eigenvalue weighted by atomic mass is 32.2. The Morgan fingerprint density at radius 2 is 2.00 bits per heavy atom. The fraction of sp³-hybridized carbons (Fsp3) is 0.714. The summed E-state index contributed by atoms with van der Waals surface area (Å²) in [6.45, 7) is 8.12. The van der Waals surface area contributed by atoms with Crippen molar-refractivity contribution >= 4 is 21.7 Å². The maximum absolute atomic E-state index is 12.2. The van der Waals surface area contributed by atoms with Gasteiger partial charge >= 0.3 is 0 Å². The standard InChI is InChI=1S/C14H26N4O3S/c1-7-8-17-12(4)9-13(15-17)18(22(6,20)21)10-14(19)16(5)11(2)3/h9,11H,7-8,10H2,1-6H3. The van der Waals surface area contributed by atoms with Crippen molar-refractivity contribution < 1.29 is 13.2 Å². The molecular formula is C14H26N4O3S. The molecule has 1 amide bonds. The Labute approximate surface area is 132 Å². The molecule has 0 saturated heterocycles. The lowest BCUT2D eigenvalue weighted by molar-refractivity contribution is -0.129. The molecule has 8 heteroatoms. The van der Waals surface area contributed by atoms with Crippen molar-refractivity contribution in [2.45, 2.75) is 46.7 Å². The zero-order valence-corrected chi connectivity index (χ0v) is 15.0. The number of sulfonamides is 1. The third-order valence-corrected chi connectivity index (χ3v) is 4.62. The van der Waals surface area contributed by atoms with Crippen LogP contribution in [-0.2, 0) is 21.4 Å². The molecule has 1 rings (SSSR count). The van der Waals surface area contributed by atoms with Gasteiger partial charge in [0.15, 0.2) is 5.82 Å². The van der Waals surface area contributed by atoms with E-state index in [0.717, 1.165) is 22.7 Å². The van der Waals surface area contributed by atoms with Crippen LogP contribution in [0.15, 0.2) is 6.07 Å². The van der Waals surface area contributed by atoms with Crippen LogP contribution >= 0.6 is 0 Å². The van der Waals surface area contributed by atoms with E-state index >= 15 is 0 Å². The second kappa shape index (κ2) is 7.13. The van der Waals surface area contributed by atoms with Gasteiger partial charge in [-0.15, -0.1) is 0 Å². The van der Waals surface area contributed by atoms with Gasteiger partial charge in [-0.2, -0.15) is 5.10 Å². The third kappa shape index (κ3) is 4.46. The summed E-state index contributed by atoms with van der Waals surface area (Å²) >= 11 is 0. The van der Waals surface area contributed by atoms with Gasteiger partial charge in [-0.25, -0.2) is 12.7 Å². The highest BCUT2D eigenvalue weighted by molar-refractivity contribution is 7.92. The number of aryl methyl sites for hydroxylation is 2.